The fourth-order valence-corrected chi connectivity index (χ4v) is 2.61. The molecule has 67 valence electrons. The van der Waals surface area contributed by atoms with Gasteiger partial charge in [0.2, 0.25) is 0 Å². The molecule has 1 aromatic carbocycles. The van der Waals surface area contributed by atoms with Crippen molar-refractivity contribution in [1.82, 2.24) is 0 Å². The van der Waals surface area contributed by atoms with Crippen molar-refractivity contribution in [3.8, 4) is 0 Å². The van der Waals surface area contributed by atoms with E-state index in [2.05, 4.69) is 37.3 Å². The molecule has 0 spiro atoms. The maximum atomic E-state index is 2.34. The summed E-state index contributed by atoms with van der Waals surface area (Å²) in [5.41, 5.74) is 2.95. The minimum atomic E-state index is 0. The Labute approximate surface area is 128 Å². The van der Waals surface area contributed by atoms with Crippen LogP contribution in [0.15, 0.2) is 27.6 Å². The van der Waals surface area contributed by atoms with E-state index < -0.39 is 0 Å². The zero-order chi connectivity index (χ0) is 7.84. The van der Waals surface area contributed by atoms with Crippen molar-refractivity contribution in [3.63, 3.8) is 0 Å². The predicted molar refractivity (Wildman–Crippen MR) is 42.8 cm³/mol. The Morgan fingerprint density at radius 1 is 1.15 bits per heavy atom. The van der Waals surface area contributed by atoms with Gasteiger partial charge in [0.05, 0.1) is 0 Å². The van der Waals surface area contributed by atoms with Crippen LogP contribution in [0.1, 0.15) is 24.0 Å². The number of benzene rings is 1. The molecule has 0 amide bonds. The molecule has 0 radical (unpaired) electrons. The summed E-state index contributed by atoms with van der Waals surface area (Å²) in [5.74, 6) is 0.692. The van der Waals surface area contributed by atoms with Gasteiger partial charge in [-0.05, 0) is 0 Å². The molecule has 1 aromatic rings. The van der Waals surface area contributed by atoms with Gasteiger partial charge in [0.1, 0.15) is 0 Å². The van der Waals surface area contributed by atoms with E-state index in [4.69, 9.17) is 0 Å². The summed E-state index contributed by atoms with van der Waals surface area (Å²) < 4.78 is 1.62. The first-order valence-corrected chi connectivity index (χ1v) is 5.61. The Morgan fingerprint density at radius 2 is 1.77 bits per heavy atom. The Hall–Kier alpha value is 1.29. The van der Waals surface area contributed by atoms with E-state index in [1.807, 2.05) is 0 Å². The zero-order valence-electron chi connectivity index (χ0n) is 7.22. The van der Waals surface area contributed by atoms with Crippen molar-refractivity contribution in [2.45, 2.75) is 12.8 Å². The van der Waals surface area contributed by atoms with E-state index in [-0.39, 0.29) is 48.0 Å². The third kappa shape index (κ3) is 2.87. The first-order chi connectivity index (χ1) is 5.29. The van der Waals surface area contributed by atoms with Crippen molar-refractivity contribution in [1.29, 1.82) is 0 Å². The maximum Gasteiger partial charge on any atom is -1.00 e. The van der Waals surface area contributed by atoms with Crippen LogP contribution in [0.2, 0.25) is 0 Å². The van der Waals surface area contributed by atoms with Gasteiger partial charge in [0.25, 0.3) is 0 Å². The first-order valence-electron chi connectivity index (χ1n) is 3.81. The summed E-state index contributed by atoms with van der Waals surface area (Å²) in [4.78, 5) is 0. The minimum absolute atomic E-state index is 0. The molecule has 0 saturated carbocycles. The average molecular weight is 561 g/mol. The van der Waals surface area contributed by atoms with Crippen molar-refractivity contribution >= 4 is 6.08 Å². The molecule has 0 fully saturated rings. The summed E-state index contributed by atoms with van der Waals surface area (Å²) in [6, 6.07) is 8.68. The molecule has 0 bridgehead atoms. The molecule has 13 heavy (non-hydrogen) atoms. The SMILES string of the molecule is CC1[C]([Hf+2])=Cc2ccccc21.[I-].[I-]. The Bertz CT molecular complexity index is 320. The van der Waals surface area contributed by atoms with Crippen molar-refractivity contribution in [2.24, 2.45) is 0 Å². The van der Waals surface area contributed by atoms with Crippen molar-refractivity contribution in [3.05, 3.63) is 38.7 Å². The second-order valence-corrected chi connectivity index (χ2v) is 5.02. The number of hydrogen-bond acceptors (Lipinski definition) is 0. The standard InChI is InChI=1S/C10H9.Hf.2HI/c1-8-6-7-9-4-2-3-5-10(8)9;;;/h2-5,7-8H,1H3;;2*1H/q;+2;;/p-2. The predicted octanol–water partition coefficient (Wildman–Crippen LogP) is -3.30. The summed E-state index contributed by atoms with van der Waals surface area (Å²) in [6.07, 6.45) is 2.34. The van der Waals surface area contributed by atoms with E-state index in [0.717, 1.165) is 0 Å². The average Bonchev–Trinajstić information content (AvgIpc) is 2.30. The fourth-order valence-electron chi connectivity index (χ4n) is 1.50. The van der Waals surface area contributed by atoms with E-state index in [9.17, 15) is 0 Å². The Balaban J connectivity index is 0.000000720. The molecule has 0 aromatic heterocycles. The van der Waals surface area contributed by atoms with E-state index in [1.165, 1.54) is 35.5 Å². The van der Waals surface area contributed by atoms with Gasteiger partial charge in [0, 0.05) is 0 Å². The molecular formula is C10H9HfI2. The first kappa shape index (κ1) is 14.3. The molecule has 1 atom stereocenters. The molecule has 1 unspecified atom stereocenters. The topological polar surface area (TPSA) is 0 Å². The quantitative estimate of drug-likeness (QED) is 0.230. The molecule has 0 aliphatic heterocycles. The largest absolute Gasteiger partial charge is 1.00 e. The van der Waals surface area contributed by atoms with E-state index >= 15 is 0 Å². The van der Waals surface area contributed by atoms with Crippen LogP contribution in [-0.4, -0.2) is 0 Å². The van der Waals surface area contributed by atoms with Crippen LogP contribution < -0.4 is 48.0 Å². The third-order valence-electron chi connectivity index (χ3n) is 2.24. The molecule has 0 saturated heterocycles. The van der Waals surface area contributed by atoms with Crippen molar-refractivity contribution < 1.29 is 72.3 Å². The molecule has 3 heteroatoms. The van der Waals surface area contributed by atoms with Crippen LogP contribution in [-0.2, 0) is 24.4 Å². The molecular weight excluding hydrogens is 552 g/mol. The van der Waals surface area contributed by atoms with Crippen LogP contribution in [0.4, 0.5) is 0 Å². The summed E-state index contributed by atoms with van der Waals surface area (Å²) in [5, 5.41) is 0. The van der Waals surface area contributed by atoms with Crippen LogP contribution >= 0.6 is 0 Å². The van der Waals surface area contributed by atoms with Gasteiger partial charge in [-0.15, -0.1) is 0 Å². The third-order valence-corrected chi connectivity index (χ3v) is 4.31. The van der Waals surface area contributed by atoms with Gasteiger partial charge < -0.3 is 48.0 Å². The maximum absolute atomic E-state index is 2.34. The summed E-state index contributed by atoms with van der Waals surface area (Å²) in [6.45, 7) is 2.30. The van der Waals surface area contributed by atoms with Gasteiger partial charge in [0.15, 0.2) is 0 Å². The van der Waals surface area contributed by atoms with Crippen LogP contribution in [0.25, 0.3) is 6.08 Å². The zero-order valence-corrected chi connectivity index (χ0v) is 15.1. The molecule has 0 heterocycles. The summed E-state index contributed by atoms with van der Waals surface area (Å²) >= 11 is 1.20. The van der Waals surface area contributed by atoms with Gasteiger partial charge in [-0.1, -0.05) is 0 Å². The monoisotopic (exact) mass is 563 g/mol. The second-order valence-electron chi connectivity index (χ2n) is 2.95. The van der Waals surface area contributed by atoms with Crippen LogP contribution in [0.3, 0.4) is 0 Å². The number of allylic oxidation sites excluding steroid dienone is 1. The van der Waals surface area contributed by atoms with E-state index in [1.54, 1.807) is 3.33 Å². The smallest absolute Gasteiger partial charge is 1.00 e. The summed E-state index contributed by atoms with van der Waals surface area (Å²) in [7, 11) is 0. The van der Waals surface area contributed by atoms with E-state index in [0.29, 0.717) is 5.92 Å². The Kier molecular flexibility index (Phi) is 6.60. The van der Waals surface area contributed by atoms with Gasteiger partial charge in [-0.3, -0.25) is 0 Å². The van der Waals surface area contributed by atoms with Crippen LogP contribution in [0, 0.1) is 0 Å². The van der Waals surface area contributed by atoms with Gasteiger partial charge >= 0.3 is 82.0 Å². The molecule has 2 rings (SSSR count). The van der Waals surface area contributed by atoms with Crippen molar-refractivity contribution in [2.75, 3.05) is 0 Å². The normalized spacial score (nSPS) is 18.1. The van der Waals surface area contributed by atoms with Gasteiger partial charge in [-0.25, -0.2) is 0 Å². The number of hydrogen-bond donors (Lipinski definition) is 0. The van der Waals surface area contributed by atoms with Gasteiger partial charge in [-0.2, -0.15) is 0 Å². The number of rotatable bonds is 0. The van der Waals surface area contributed by atoms with Crippen LogP contribution in [0.5, 0.6) is 0 Å². The minimum Gasteiger partial charge on any atom is -1.00 e. The fraction of sp³-hybridized carbons (Fsp3) is 0.200. The molecule has 0 N–H and O–H groups in total. The number of fused-ring (bicyclic) bond motifs is 1. The molecule has 1 aliphatic carbocycles. The second kappa shape index (κ2) is 6.00. The Morgan fingerprint density at radius 3 is 2.38 bits per heavy atom. The molecule has 1 aliphatic rings. The molecule has 0 nitrogen and oxygen atoms in total. The number of halogens is 2.